The van der Waals surface area contributed by atoms with E-state index in [1.807, 2.05) is 54.6 Å². The molecule has 0 aliphatic heterocycles. The molecule has 0 spiro atoms. The van der Waals surface area contributed by atoms with Gasteiger partial charge in [-0.25, -0.2) is 4.39 Å². The van der Waals surface area contributed by atoms with Gasteiger partial charge in [-0.3, -0.25) is 9.59 Å². The number of nitrogens with one attached hydrogen (secondary N) is 1. The molecule has 1 aliphatic carbocycles. The molecule has 0 saturated heterocycles. The first-order valence-corrected chi connectivity index (χ1v) is 13.5. The van der Waals surface area contributed by atoms with Crippen molar-refractivity contribution < 1.29 is 36.6 Å². The molecule has 0 radical (unpaired) electrons. The van der Waals surface area contributed by atoms with E-state index in [0.717, 1.165) is 21.7 Å². The van der Waals surface area contributed by atoms with Crippen LogP contribution in [0.5, 0.6) is 0 Å². The van der Waals surface area contributed by atoms with Gasteiger partial charge < -0.3 is 14.8 Å². The molecule has 0 aromatic heterocycles. The van der Waals surface area contributed by atoms with Gasteiger partial charge in [-0.1, -0.05) is 58.4 Å². The van der Waals surface area contributed by atoms with Gasteiger partial charge in [0.1, 0.15) is 12.4 Å². The topological polar surface area (TPSA) is 64.6 Å². The van der Waals surface area contributed by atoms with Crippen LogP contribution in [0.25, 0.3) is 0 Å². The molecule has 212 valence electrons. The summed E-state index contributed by atoms with van der Waals surface area (Å²) < 4.78 is 65.6. The van der Waals surface area contributed by atoms with E-state index in [0.29, 0.717) is 25.2 Å². The first kappa shape index (κ1) is 29.7. The van der Waals surface area contributed by atoms with Crippen LogP contribution in [0.4, 0.5) is 23.2 Å². The predicted octanol–water partition coefficient (Wildman–Crippen LogP) is 7.36. The highest BCUT2D eigenvalue weighted by Crippen LogP contribution is 2.46. The summed E-state index contributed by atoms with van der Waals surface area (Å²) in [6, 6.07) is 18.4. The number of carbonyl (C=O) groups is 2. The first-order chi connectivity index (χ1) is 19.1. The molecule has 10 heteroatoms. The number of amides is 1. The van der Waals surface area contributed by atoms with Crippen LogP contribution in [0.15, 0.2) is 77.3 Å². The minimum atomic E-state index is -4.73. The van der Waals surface area contributed by atoms with Gasteiger partial charge >= 0.3 is 12.1 Å². The Morgan fingerprint density at radius 2 is 1.70 bits per heavy atom. The lowest BCUT2D eigenvalue weighted by Crippen LogP contribution is -2.44. The van der Waals surface area contributed by atoms with Crippen molar-refractivity contribution in [3.8, 4) is 0 Å². The third-order valence-electron chi connectivity index (χ3n) is 7.13. The van der Waals surface area contributed by atoms with E-state index >= 15 is 0 Å². The molecule has 3 aromatic rings. The van der Waals surface area contributed by atoms with Crippen LogP contribution < -0.4 is 5.32 Å². The number of hydrogen-bond acceptors (Lipinski definition) is 4. The molecule has 1 amide bonds. The smallest absolute Gasteiger partial charge is 0.416 e. The van der Waals surface area contributed by atoms with E-state index in [9.17, 15) is 27.2 Å². The SMILES string of the molecule is COC[C@@H]1C[C@H](c2ccc(Br)cc2)[C@@H](C(=O)OCc2ccccc2)[C@H](C(=O)Nc2ccc(C(F)(F)F)cc2F)C1. The first-order valence-electron chi connectivity index (χ1n) is 12.7. The van der Waals surface area contributed by atoms with Crippen molar-refractivity contribution in [2.75, 3.05) is 19.0 Å². The van der Waals surface area contributed by atoms with Crippen LogP contribution in [0.1, 0.15) is 35.4 Å². The fourth-order valence-electron chi connectivity index (χ4n) is 5.26. The largest absolute Gasteiger partial charge is 0.461 e. The Labute approximate surface area is 238 Å². The number of rotatable bonds is 8. The van der Waals surface area contributed by atoms with Gasteiger partial charge in [0.2, 0.25) is 5.91 Å². The molecular formula is C30H28BrF4NO4. The van der Waals surface area contributed by atoms with E-state index < -0.39 is 52.9 Å². The number of benzene rings is 3. The lowest BCUT2D eigenvalue weighted by molar-refractivity contribution is -0.157. The Bertz CT molecular complexity index is 1320. The fraction of sp³-hybridized carbons (Fsp3) is 0.333. The molecule has 1 N–H and O–H groups in total. The molecule has 0 heterocycles. The summed E-state index contributed by atoms with van der Waals surface area (Å²) in [7, 11) is 1.54. The standard InChI is InChI=1S/C30H28BrF4NO4/c1-39-16-19-13-23(20-7-10-22(31)11-8-20)27(29(38)40-17-18-5-3-2-4-6-18)24(14-19)28(37)36-26-12-9-21(15-25(26)32)30(33,34)35/h2-12,15,19,23-24,27H,13-14,16-17H2,1H3,(H,36,37)/t19-,23-,24-,27-/m1/s1. The lowest BCUT2D eigenvalue weighted by Gasteiger charge is -2.40. The third kappa shape index (κ3) is 7.28. The van der Waals surface area contributed by atoms with Gasteiger partial charge in [-0.2, -0.15) is 13.2 Å². The summed E-state index contributed by atoms with van der Waals surface area (Å²) in [4.78, 5) is 27.2. The highest BCUT2D eigenvalue weighted by Gasteiger charge is 2.47. The Kier molecular flexibility index (Phi) is 9.63. The molecule has 4 rings (SSSR count). The number of esters is 1. The summed E-state index contributed by atoms with van der Waals surface area (Å²) in [5.41, 5.74) is 0.0306. The van der Waals surface area contributed by atoms with E-state index in [-0.39, 0.29) is 18.9 Å². The second kappa shape index (κ2) is 13.0. The maximum atomic E-state index is 14.6. The minimum Gasteiger partial charge on any atom is -0.461 e. The predicted molar refractivity (Wildman–Crippen MR) is 145 cm³/mol. The van der Waals surface area contributed by atoms with E-state index in [2.05, 4.69) is 21.2 Å². The quantitative estimate of drug-likeness (QED) is 0.211. The fourth-order valence-corrected chi connectivity index (χ4v) is 5.52. The van der Waals surface area contributed by atoms with Crippen molar-refractivity contribution in [1.82, 2.24) is 0 Å². The number of carbonyl (C=O) groups excluding carboxylic acids is 2. The molecule has 0 bridgehead atoms. The Morgan fingerprint density at radius 1 is 1.00 bits per heavy atom. The van der Waals surface area contributed by atoms with Crippen LogP contribution in [0.3, 0.4) is 0 Å². The molecule has 40 heavy (non-hydrogen) atoms. The number of halogens is 5. The van der Waals surface area contributed by atoms with E-state index in [1.165, 1.54) is 0 Å². The third-order valence-corrected chi connectivity index (χ3v) is 7.66. The van der Waals surface area contributed by atoms with Crippen molar-refractivity contribution in [1.29, 1.82) is 0 Å². The maximum absolute atomic E-state index is 14.6. The summed E-state index contributed by atoms with van der Waals surface area (Å²) in [6.07, 6.45) is -3.94. The Morgan fingerprint density at radius 3 is 2.33 bits per heavy atom. The summed E-state index contributed by atoms with van der Waals surface area (Å²) in [5.74, 6) is -4.88. The Balaban J connectivity index is 1.66. The summed E-state index contributed by atoms with van der Waals surface area (Å²) in [6.45, 7) is 0.337. The normalized spacial score (nSPS) is 21.1. The highest BCUT2D eigenvalue weighted by molar-refractivity contribution is 9.10. The van der Waals surface area contributed by atoms with E-state index in [1.54, 1.807) is 7.11 Å². The second-order valence-corrected chi connectivity index (χ2v) is 10.8. The number of methoxy groups -OCH3 is 1. The zero-order valence-corrected chi connectivity index (χ0v) is 23.2. The van der Waals surface area contributed by atoms with E-state index in [4.69, 9.17) is 9.47 Å². The summed E-state index contributed by atoms with van der Waals surface area (Å²) >= 11 is 3.42. The highest BCUT2D eigenvalue weighted by atomic mass is 79.9. The van der Waals surface area contributed by atoms with Gasteiger partial charge in [0.15, 0.2) is 0 Å². The average molecular weight is 622 g/mol. The molecule has 5 nitrogen and oxygen atoms in total. The van der Waals surface area contributed by atoms with Crippen molar-refractivity contribution >= 4 is 33.5 Å². The zero-order chi connectivity index (χ0) is 28.9. The maximum Gasteiger partial charge on any atom is 0.416 e. The van der Waals surface area contributed by atoms with Gasteiger partial charge in [-0.05, 0) is 66.1 Å². The van der Waals surface area contributed by atoms with Crippen molar-refractivity contribution in [3.63, 3.8) is 0 Å². The van der Waals surface area contributed by atoms with Crippen LogP contribution in [0, 0.1) is 23.6 Å². The van der Waals surface area contributed by atoms with Crippen molar-refractivity contribution in [2.24, 2.45) is 17.8 Å². The number of anilines is 1. The molecule has 1 saturated carbocycles. The molecule has 3 aromatic carbocycles. The number of alkyl halides is 3. The Hall–Kier alpha value is -3.24. The van der Waals surface area contributed by atoms with Crippen LogP contribution >= 0.6 is 15.9 Å². The van der Waals surface area contributed by atoms with Crippen molar-refractivity contribution in [3.05, 3.63) is 99.8 Å². The van der Waals surface area contributed by atoms with Gasteiger partial charge in [0.25, 0.3) is 0 Å². The zero-order valence-electron chi connectivity index (χ0n) is 21.6. The summed E-state index contributed by atoms with van der Waals surface area (Å²) in [5, 5.41) is 2.42. The van der Waals surface area contributed by atoms with Crippen LogP contribution in [0.2, 0.25) is 0 Å². The molecule has 0 unspecified atom stereocenters. The number of ether oxygens (including phenoxy) is 2. The van der Waals surface area contributed by atoms with Gasteiger partial charge in [0, 0.05) is 18.2 Å². The monoisotopic (exact) mass is 621 g/mol. The molecule has 1 aliphatic rings. The molecule has 4 atom stereocenters. The molecular weight excluding hydrogens is 594 g/mol. The van der Waals surface area contributed by atoms with Gasteiger partial charge in [-0.15, -0.1) is 0 Å². The average Bonchev–Trinajstić information content (AvgIpc) is 2.93. The number of hydrogen-bond donors (Lipinski definition) is 1. The minimum absolute atomic E-state index is 0.00655. The van der Waals surface area contributed by atoms with Crippen LogP contribution in [-0.2, 0) is 31.8 Å². The van der Waals surface area contributed by atoms with Gasteiger partial charge in [0.05, 0.1) is 23.1 Å². The molecule has 1 fully saturated rings. The lowest BCUT2D eigenvalue weighted by atomic mass is 9.65. The van der Waals surface area contributed by atoms with Crippen LogP contribution in [-0.4, -0.2) is 25.6 Å². The van der Waals surface area contributed by atoms with Crippen molar-refractivity contribution in [2.45, 2.75) is 31.5 Å². The second-order valence-electron chi connectivity index (χ2n) is 9.86.